The van der Waals surface area contributed by atoms with Crippen molar-refractivity contribution in [2.75, 3.05) is 0 Å². The van der Waals surface area contributed by atoms with E-state index in [-0.39, 0.29) is 11.1 Å². The Kier molecular flexibility index (Phi) is 3.94. The van der Waals surface area contributed by atoms with Gasteiger partial charge < -0.3 is 5.11 Å². The lowest BCUT2D eigenvalue weighted by Crippen LogP contribution is -2.07. The van der Waals surface area contributed by atoms with Crippen molar-refractivity contribution < 1.29 is 23.1 Å². The Labute approximate surface area is 116 Å². The maximum atomic E-state index is 12.9. The molecule has 0 atom stereocenters. The minimum atomic E-state index is -4.52. The Morgan fingerprint density at radius 3 is 2.40 bits per heavy atom. The number of carboxylic acids is 1. The number of hydrogen-bond acceptors (Lipinski definition) is 2. The lowest BCUT2D eigenvalue weighted by Gasteiger charge is -2.10. The Bertz CT molecular complexity index is 643. The molecule has 1 N–H and O–H groups in total. The van der Waals surface area contributed by atoms with Crippen LogP contribution in [-0.2, 0) is 11.0 Å². The molecule has 104 valence electrons. The van der Waals surface area contributed by atoms with Gasteiger partial charge in [0.05, 0.1) is 11.1 Å². The summed E-state index contributed by atoms with van der Waals surface area (Å²) in [5, 5.41) is 10.8. The van der Waals surface area contributed by atoms with Crippen LogP contribution >= 0.6 is 11.3 Å². The Balaban J connectivity index is 2.56. The predicted octanol–water partition coefficient (Wildman–Crippen LogP) is 4.39. The number of hydrogen-bond donors (Lipinski definition) is 1. The summed E-state index contributed by atoms with van der Waals surface area (Å²) < 4.78 is 38.6. The van der Waals surface area contributed by atoms with Crippen molar-refractivity contribution in [2.24, 2.45) is 0 Å². The molecule has 0 saturated carbocycles. The number of thiophene rings is 1. The number of halogens is 3. The summed E-state index contributed by atoms with van der Waals surface area (Å²) in [6.45, 7) is 0. The van der Waals surface area contributed by atoms with Gasteiger partial charge in [-0.25, -0.2) is 4.79 Å². The molecule has 0 aliphatic carbocycles. The first-order valence-electron chi connectivity index (χ1n) is 5.54. The summed E-state index contributed by atoms with van der Waals surface area (Å²) in [6.07, 6.45) is -3.47. The SMILES string of the molecule is O=C(O)/C(=C\c1ccccc1C(F)(F)F)c1cccs1. The van der Waals surface area contributed by atoms with Crippen LogP contribution in [-0.4, -0.2) is 11.1 Å². The van der Waals surface area contributed by atoms with Crippen molar-refractivity contribution in [3.8, 4) is 0 Å². The monoisotopic (exact) mass is 298 g/mol. The van der Waals surface area contributed by atoms with Gasteiger partial charge in [0, 0.05) is 4.88 Å². The highest BCUT2D eigenvalue weighted by Crippen LogP contribution is 2.34. The van der Waals surface area contributed by atoms with Gasteiger partial charge in [0.15, 0.2) is 0 Å². The van der Waals surface area contributed by atoms with Crippen LogP contribution in [0.25, 0.3) is 11.6 Å². The summed E-state index contributed by atoms with van der Waals surface area (Å²) in [5.41, 5.74) is -1.17. The molecule has 0 saturated heterocycles. The van der Waals surface area contributed by atoms with Crippen molar-refractivity contribution in [2.45, 2.75) is 6.18 Å². The third kappa shape index (κ3) is 3.08. The van der Waals surface area contributed by atoms with Crippen LogP contribution in [0.3, 0.4) is 0 Å². The van der Waals surface area contributed by atoms with E-state index in [0.29, 0.717) is 4.88 Å². The maximum absolute atomic E-state index is 12.9. The molecule has 0 aliphatic heterocycles. The van der Waals surface area contributed by atoms with Crippen LogP contribution < -0.4 is 0 Å². The lowest BCUT2D eigenvalue weighted by molar-refractivity contribution is -0.137. The van der Waals surface area contributed by atoms with Gasteiger partial charge in [-0.3, -0.25) is 0 Å². The zero-order valence-corrected chi connectivity index (χ0v) is 10.8. The van der Waals surface area contributed by atoms with Crippen molar-refractivity contribution in [1.29, 1.82) is 0 Å². The van der Waals surface area contributed by atoms with Crippen molar-refractivity contribution in [3.63, 3.8) is 0 Å². The molecule has 0 aliphatic rings. The fraction of sp³-hybridized carbons (Fsp3) is 0.0714. The van der Waals surface area contributed by atoms with E-state index in [1.165, 1.54) is 18.2 Å². The molecule has 1 aromatic heterocycles. The highest BCUT2D eigenvalue weighted by molar-refractivity contribution is 7.11. The minimum absolute atomic E-state index is 0.156. The molecular formula is C14H9F3O2S. The van der Waals surface area contributed by atoms with Gasteiger partial charge in [-0.1, -0.05) is 24.3 Å². The van der Waals surface area contributed by atoms with Gasteiger partial charge in [-0.2, -0.15) is 13.2 Å². The number of carboxylic acid groups (broad SMARTS) is 1. The fourth-order valence-electron chi connectivity index (χ4n) is 1.71. The van der Waals surface area contributed by atoms with Crippen LogP contribution in [0.2, 0.25) is 0 Å². The van der Waals surface area contributed by atoms with Crippen LogP contribution in [0, 0.1) is 0 Å². The minimum Gasteiger partial charge on any atom is -0.478 e. The number of carbonyl (C=O) groups is 1. The molecule has 0 amide bonds. The van der Waals surface area contributed by atoms with Crippen molar-refractivity contribution >= 4 is 29.0 Å². The molecule has 2 aromatic rings. The molecule has 1 heterocycles. The van der Waals surface area contributed by atoms with Gasteiger partial charge >= 0.3 is 12.1 Å². The third-order valence-corrected chi connectivity index (χ3v) is 3.49. The molecule has 20 heavy (non-hydrogen) atoms. The molecule has 0 unspecified atom stereocenters. The molecule has 1 aromatic carbocycles. The number of alkyl halides is 3. The summed E-state index contributed by atoms with van der Waals surface area (Å²) in [4.78, 5) is 11.6. The second kappa shape index (κ2) is 5.50. The van der Waals surface area contributed by atoms with E-state index in [1.807, 2.05) is 0 Å². The number of benzene rings is 1. The lowest BCUT2D eigenvalue weighted by atomic mass is 10.0. The van der Waals surface area contributed by atoms with E-state index in [4.69, 9.17) is 5.11 Å². The van der Waals surface area contributed by atoms with E-state index < -0.39 is 17.7 Å². The highest BCUT2D eigenvalue weighted by atomic mass is 32.1. The Morgan fingerprint density at radius 2 is 1.85 bits per heavy atom. The van der Waals surface area contributed by atoms with Gasteiger partial charge in [-0.15, -0.1) is 11.3 Å². The highest BCUT2D eigenvalue weighted by Gasteiger charge is 2.32. The molecular weight excluding hydrogens is 289 g/mol. The molecule has 2 nitrogen and oxygen atoms in total. The van der Waals surface area contributed by atoms with E-state index in [1.54, 1.807) is 17.5 Å². The predicted molar refractivity (Wildman–Crippen MR) is 71.3 cm³/mol. The Hall–Kier alpha value is -2.08. The molecule has 2 rings (SSSR count). The number of rotatable bonds is 3. The molecule has 0 radical (unpaired) electrons. The van der Waals surface area contributed by atoms with E-state index in [2.05, 4.69) is 0 Å². The van der Waals surface area contributed by atoms with Gasteiger partial charge in [-0.05, 0) is 29.2 Å². The maximum Gasteiger partial charge on any atom is 0.416 e. The second-order valence-corrected chi connectivity index (χ2v) is 4.87. The third-order valence-electron chi connectivity index (χ3n) is 2.58. The standard InChI is InChI=1S/C14H9F3O2S/c15-14(16,17)11-5-2-1-4-9(11)8-10(13(18)19)12-6-3-7-20-12/h1-8H,(H,18,19)/b10-8-. The zero-order chi connectivity index (χ0) is 14.8. The summed E-state index contributed by atoms with van der Waals surface area (Å²) in [7, 11) is 0. The fourth-order valence-corrected chi connectivity index (χ4v) is 2.44. The first kappa shape index (κ1) is 14.3. The average Bonchev–Trinajstić information content (AvgIpc) is 2.88. The summed E-state index contributed by atoms with van der Waals surface area (Å²) in [5.74, 6) is -1.26. The first-order valence-corrected chi connectivity index (χ1v) is 6.42. The average molecular weight is 298 g/mol. The quantitative estimate of drug-likeness (QED) is 0.853. The van der Waals surface area contributed by atoms with Crippen LogP contribution in [0.5, 0.6) is 0 Å². The van der Waals surface area contributed by atoms with Gasteiger partial charge in [0.1, 0.15) is 0 Å². The Morgan fingerprint density at radius 1 is 1.15 bits per heavy atom. The normalized spacial score (nSPS) is 12.4. The van der Waals surface area contributed by atoms with E-state index in [0.717, 1.165) is 23.5 Å². The van der Waals surface area contributed by atoms with Gasteiger partial charge in [0.25, 0.3) is 0 Å². The molecule has 0 spiro atoms. The molecule has 0 bridgehead atoms. The zero-order valence-electron chi connectivity index (χ0n) is 10.0. The largest absolute Gasteiger partial charge is 0.478 e. The van der Waals surface area contributed by atoms with Crippen molar-refractivity contribution in [3.05, 3.63) is 57.8 Å². The smallest absolute Gasteiger partial charge is 0.416 e. The first-order chi connectivity index (χ1) is 9.39. The van der Waals surface area contributed by atoms with E-state index in [9.17, 15) is 18.0 Å². The topological polar surface area (TPSA) is 37.3 Å². The summed E-state index contributed by atoms with van der Waals surface area (Å²) >= 11 is 1.16. The van der Waals surface area contributed by atoms with Crippen LogP contribution in [0.1, 0.15) is 16.0 Å². The van der Waals surface area contributed by atoms with Crippen molar-refractivity contribution in [1.82, 2.24) is 0 Å². The van der Waals surface area contributed by atoms with Crippen LogP contribution in [0.15, 0.2) is 41.8 Å². The summed E-state index contributed by atoms with van der Waals surface area (Å²) in [6, 6.07) is 8.09. The van der Waals surface area contributed by atoms with Crippen LogP contribution in [0.4, 0.5) is 13.2 Å². The van der Waals surface area contributed by atoms with E-state index >= 15 is 0 Å². The molecule has 6 heteroatoms. The second-order valence-electron chi connectivity index (χ2n) is 3.93. The number of aliphatic carboxylic acids is 1. The molecule has 0 fully saturated rings. The van der Waals surface area contributed by atoms with Gasteiger partial charge in [0.2, 0.25) is 0 Å².